The average Bonchev–Trinajstić information content (AvgIpc) is 2.54. The lowest BCUT2D eigenvalue weighted by Gasteiger charge is -2.12. The van der Waals surface area contributed by atoms with Gasteiger partial charge in [-0.3, -0.25) is 20.4 Å². The second-order valence-electron chi connectivity index (χ2n) is 5.07. The molecule has 2 rings (SSSR count). The topological polar surface area (TPSA) is 67.4 Å². The van der Waals surface area contributed by atoms with Crippen LogP contribution in [0.3, 0.4) is 0 Å². The van der Waals surface area contributed by atoms with E-state index in [-0.39, 0.29) is 11.5 Å². The first-order chi connectivity index (χ1) is 10.9. The van der Waals surface area contributed by atoms with Gasteiger partial charge in [-0.05, 0) is 43.7 Å². The molecule has 2 aromatic carbocycles. The van der Waals surface area contributed by atoms with E-state index in [1.165, 1.54) is 13.2 Å². The summed E-state index contributed by atoms with van der Waals surface area (Å²) in [5.41, 5.74) is 7.29. The van der Waals surface area contributed by atoms with Gasteiger partial charge in [0.2, 0.25) is 0 Å². The molecule has 0 radical (unpaired) electrons. The quantitative estimate of drug-likeness (QED) is 0.849. The number of benzene rings is 2. The van der Waals surface area contributed by atoms with Gasteiger partial charge in [-0.1, -0.05) is 29.3 Å². The summed E-state index contributed by atoms with van der Waals surface area (Å²) in [4.78, 5) is 24.4. The van der Waals surface area contributed by atoms with Gasteiger partial charge in [-0.15, -0.1) is 0 Å². The standard InChI is InChI=1S/C17H17ClN2O3/c1-10-4-5-11(2)13(8-10)16(21)19-20-17(22)14-9-12(18)6-7-15(14)23-3/h4-9H,1-3H3,(H,19,21)(H,20,22). The Balaban J connectivity index is 2.11. The van der Waals surface area contributed by atoms with Crippen molar-refractivity contribution >= 4 is 23.4 Å². The van der Waals surface area contributed by atoms with Crippen molar-refractivity contribution in [3.63, 3.8) is 0 Å². The molecule has 0 bridgehead atoms. The maximum Gasteiger partial charge on any atom is 0.273 e. The van der Waals surface area contributed by atoms with Crippen LogP contribution >= 0.6 is 11.6 Å². The monoisotopic (exact) mass is 332 g/mol. The average molecular weight is 333 g/mol. The highest BCUT2D eigenvalue weighted by Gasteiger charge is 2.15. The zero-order valence-corrected chi connectivity index (χ0v) is 13.8. The third-order valence-electron chi connectivity index (χ3n) is 3.33. The third-order valence-corrected chi connectivity index (χ3v) is 3.57. The van der Waals surface area contributed by atoms with Gasteiger partial charge in [0.05, 0.1) is 12.7 Å². The second kappa shape index (κ2) is 7.15. The molecule has 2 N–H and O–H groups in total. The molecule has 6 heteroatoms. The van der Waals surface area contributed by atoms with E-state index in [1.807, 2.05) is 26.0 Å². The summed E-state index contributed by atoms with van der Waals surface area (Å²) in [6.07, 6.45) is 0. The fraction of sp³-hybridized carbons (Fsp3) is 0.176. The van der Waals surface area contributed by atoms with Gasteiger partial charge < -0.3 is 4.74 Å². The number of carbonyl (C=O) groups excluding carboxylic acids is 2. The highest BCUT2D eigenvalue weighted by Crippen LogP contribution is 2.22. The molecule has 0 aromatic heterocycles. The lowest BCUT2D eigenvalue weighted by molar-refractivity contribution is 0.0844. The van der Waals surface area contributed by atoms with Crippen LogP contribution in [0.25, 0.3) is 0 Å². The number of hydrogen-bond acceptors (Lipinski definition) is 3. The van der Waals surface area contributed by atoms with E-state index in [0.29, 0.717) is 16.3 Å². The summed E-state index contributed by atoms with van der Waals surface area (Å²) < 4.78 is 5.12. The maximum atomic E-state index is 12.2. The molecule has 0 aliphatic carbocycles. The van der Waals surface area contributed by atoms with Crippen LogP contribution in [0.15, 0.2) is 36.4 Å². The molecule has 0 saturated carbocycles. The first-order valence-corrected chi connectivity index (χ1v) is 7.31. The Morgan fingerprint density at radius 1 is 0.957 bits per heavy atom. The molecule has 0 aliphatic rings. The lowest BCUT2D eigenvalue weighted by atomic mass is 10.1. The minimum Gasteiger partial charge on any atom is -0.496 e. The van der Waals surface area contributed by atoms with Gasteiger partial charge in [0.1, 0.15) is 5.75 Å². The van der Waals surface area contributed by atoms with Gasteiger partial charge in [-0.2, -0.15) is 0 Å². The number of aryl methyl sites for hydroxylation is 2. The van der Waals surface area contributed by atoms with Crippen molar-refractivity contribution < 1.29 is 14.3 Å². The molecule has 0 spiro atoms. The highest BCUT2D eigenvalue weighted by molar-refractivity contribution is 6.31. The number of hydrogen-bond donors (Lipinski definition) is 2. The molecule has 23 heavy (non-hydrogen) atoms. The number of ether oxygens (including phenoxy) is 1. The van der Waals surface area contributed by atoms with Crippen LogP contribution in [-0.4, -0.2) is 18.9 Å². The van der Waals surface area contributed by atoms with Crippen molar-refractivity contribution in [3.8, 4) is 5.75 Å². The van der Waals surface area contributed by atoms with Crippen molar-refractivity contribution in [2.24, 2.45) is 0 Å². The summed E-state index contributed by atoms with van der Waals surface area (Å²) in [5.74, 6) is -0.531. The van der Waals surface area contributed by atoms with Crippen LogP contribution in [0.5, 0.6) is 5.75 Å². The predicted octanol–water partition coefficient (Wildman–Crippen LogP) is 3.04. The van der Waals surface area contributed by atoms with Crippen LogP contribution in [0, 0.1) is 13.8 Å². The van der Waals surface area contributed by atoms with E-state index in [2.05, 4.69) is 10.9 Å². The van der Waals surface area contributed by atoms with Crippen molar-refractivity contribution in [3.05, 3.63) is 63.7 Å². The summed E-state index contributed by atoms with van der Waals surface area (Å²) in [7, 11) is 1.45. The molecule has 5 nitrogen and oxygen atoms in total. The molecule has 0 unspecified atom stereocenters. The Kier molecular flexibility index (Phi) is 5.24. The van der Waals surface area contributed by atoms with E-state index in [4.69, 9.17) is 16.3 Å². The molecule has 0 aliphatic heterocycles. The minimum absolute atomic E-state index is 0.237. The van der Waals surface area contributed by atoms with Crippen molar-refractivity contribution in [2.45, 2.75) is 13.8 Å². The molecular weight excluding hydrogens is 316 g/mol. The molecule has 120 valence electrons. The Labute approximate surface area is 139 Å². The Bertz CT molecular complexity index is 759. The summed E-state index contributed by atoms with van der Waals surface area (Å²) in [6, 6.07) is 10.2. The van der Waals surface area contributed by atoms with E-state index in [1.54, 1.807) is 18.2 Å². The van der Waals surface area contributed by atoms with Crippen LogP contribution in [-0.2, 0) is 0 Å². The Morgan fingerprint density at radius 3 is 2.26 bits per heavy atom. The first kappa shape index (κ1) is 16.8. The summed E-state index contributed by atoms with van der Waals surface area (Å²) in [6.45, 7) is 3.72. The fourth-order valence-corrected chi connectivity index (χ4v) is 2.26. The lowest BCUT2D eigenvalue weighted by Crippen LogP contribution is -2.42. The van der Waals surface area contributed by atoms with Gasteiger partial charge in [0, 0.05) is 10.6 Å². The van der Waals surface area contributed by atoms with E-state index in [0.717, 1.165) is 11.1 Å². The van der Waals surface area contributed by atoms with Gasteiger partial charge >= 0.3 is 0 Å². The molecule has 0 heterocycles. The van der Waals surface area contributed by atoms with Gasteiger partial charge in [0.25, 0.3) is 11.8 Å². The number of hydrazine groups is 1. The highest BCUT2D eigenvalue weighted by atomic mass is 35.5. The Hall–Kier alpha value is -2.53. The molecule has 2 amide bonds. The molecule has 2 aromatic rings. The predicted molar refractivity (Wildman–Crippen MR) is 88.9 cm³/mol. The van der Waals surface area contributed by atoms with Gasteiger partial charge in [0.15, 0.2) is 0 Å². The van der Waals surface area contributed by atoms with Crippen molar-refractivity contribution in [1.82, 2.24) is 10.9 Å². The van der Waals surface area contributed by atoms with Crippen molar-refractivity contribution in [1.29, 1.82) is 0 Å². The molecular formula is C17H17ClN2O3. The fourth-order valence-electron chi connectivity index (χ4n) is 2.09. The summed E-state index contributed by atoms with van der Waals surface area (Å²) in [5, 5.41) is 0.400. The number of amides is 2. The second-order valence-corrected chi connectivity index (χ2v) is 5.51. The zero-order chi connectivity index (χ0) is 17.0. The van der Waals surface area contributed by atoms with E-state index in [9.17, 15) is 9.59 Å². The number of methoxy groups -OCH3 is 1. The number of rotatable bonds is 3. The van der Waals surface area contributed by atoms with Crippen LogP contribution in [0.2, 0.25) is 5.02 Å². The van der Waals surface area contributed by atoms with Crippen molar-refractivity contribution in [2.75, 3.05) is 7.11 Å². The number of carbonyl (C=O) groups is 2. The van der Waals surface area contributed by atoms with Crippen LogP contribution in [0.4, 0.5) is 0 Å². The maximum absolute atomic E-state index is 12.2. The molecule has 0 saturated heterocycles. The smallest absolute Gasteiger partial charge is 0.273 e. The normalized spacial score (nSPS) is 10.1. The zero-order valence-electron chi connectivity index (χ0n) is 13.1. The molecule has 0 fully saturated rings. The van der Waals surface area contributed by atoms with E-state index < -0.39 is 5.91 Å². The van der Waals surface area contributed by atoms with Gasteiger partial charge in [-0.25, -0.2) is 0 Å². The Morgan fingerprint density at radius 2 is 1.61 bits per heavy atom. The number of halogens is 1. The van der Waals surface area contributed by atoms with E-state index >= 15 is 0 Å². The summed E-state index contributed by atoms with van der Waals surface area (Å²) >= 11 is 5.89. The van der Waals surface area contributed by atoms with Crippen LogP contribution < -0.4 is 15.6 Å². The third kappa shape index (κ3) is 4.02. The minimum atomic E-state index is -0.511. The SMILES string of the molecule is COc1ccc(Cl)cc1C(=O)NNC(=O)c1cc(C)ccc1C. The van der Waals surface area contributed by atoms with Crippen LogP contribution in [0.1, 0.15) is 31.8 Å². The molecule has 0 atom stereocenters. The number of nitrogens with one attached hydrogen (secondary N) is 2. The first-order valence-electron chi connectivity index (χ1n) is 6.94. The largest absolute Gasteiger partial charge is 0.496 e.